The van der Waals surface area contributed by atoms with E-state index in [2.05, 4.69) is 5.32 Å². The van der Waals surface area contributed by atoms with Gasteiger partial charge in [0.2, 0.25) is 11.4 Å². The van der Waals surface area contributed by atoms with Crippen LogP contribution in [-0.2, 0) is 14.3 Å². The molecule has 2 heterocycles. The third-order valence-corrected chi connectivity index (χ3v) is 4.91. The van der Waals surface area contributed by atoms with Crippen LogP contribution in [0.1, 0.15) is 20.8 Å². The number of esters is 1. The molecule has 0 bridgehead atoms. The van der Waals surface area contributed by atoms with E-state index < -0.39 is 28.5 Å². The molecule has 0 radical (unpaired) electrons. The quantitative estimate of drug-likeness (QED) is 0.693. The average molecular weight is 259 g/mol. The van der Waals surface area contributed by atoms with E-state index in [-0.39, 0.29) is 11.8 Å². The van der Waals surface area contributed by atoms with Crippen molar-refractivity contribution >= 4 is 23.6 Å². The summed E-state index contributed by atoms with van der Waals surface area (Å²) in [5, 5.41) is 12.4. The molecule has 2 fully saturated rings. The predicted molar refractivity (Wildman–Crippen MR) is 63.5 cm³/mol. The van der Waals surface area contributed by atoms with E-state index in [1.807, 2.05) is 13.8 Å². The minimum atomic E-state index is -1.27. The fraction of sp³-hybridized carbons (Fsp3) is 0.818. The second kappa shape index (κ2) is 3.62. The summed E-state index contributed by atoms with van der Waals surface area (Å²) in [5.74, 6) is -0.917. The van der Waals surface area contributed by atoms with E-state index in [1.165, 1.54) is 11.8 Å². The first-order valence-electron chi connectivity index (χ1n) is 5.57. The molecular weight excluding hydrogens is 242 g/mol. The van der Waals surface area contributed by atoms with E-state index in [0.717, 1.165) is 0 Å². The molecule has 4 atom stereocenters. The Kier molecular flexibility index (Phi) is 2.70. The molecule has 2 aliphatic heterocycles. The Labute approximate surface area is 104 Å². The Morgan fingerprint density at radius 3 is 2.47 bits per heavy atom. The molecule has 0 aliphatic carbocycles. The minimum Gasteiger partial charge on any atom is -0.452 e. The summed E-state index contributed by atoms with van der Waals surface area (Å²) in [6.07, 6.45) is 0.856. The molecule has 6 heteroatoms. The van der Waals surface area contributed by atoms with Crippen LogP contribution in [0.15, 0.2) is 0 Å². The fourth-order valence-electron chi connectivity index (χ4n) is 2.78. The van der Waals surface area contributed by atoms with Gasteiger partial charge in [-0.25, -0.2) is 4.79 Å². The van der Waals surface area contributed by atoms with Crippen LogP contribution >= 0.6 is 11.8 Å². The third kappa shape index (κ3) is 1.25. The molecule has 0 aromatic heterocycles. The monoisotopic (exact) mass is 259 g/mol. The lowest BCUT2D eigenvalue weighted by molar-refractivity contribution is -0.228. The van der Waals surface area contributed by atoms with Gasteiger partial charge in [-0.3, -0.25) is 4.79 Å². The number of carbonyl (C=O) groups is 2. The van der Waals surface area contributed by atoms with Crippen LogP contribution < -0.4 is 5.32 Å². The number of aliphatic hydroxyl groups excluding tert-OH is 1. The Hall–Kier alpha value is -0.750. The summed E-state index contributed by atoms with van der Waals surface area (Å²) < 4.78 is 5.20. The molecular formula is C11H17NO4S. The first-order valence-corrected chi connectivity index (χ1v) is 6.86. The number of nitrogens with one attached hydrogen (secondary N) is 1. The Balaban J connectivity index is 2.45. The molecule has 2 rings (SSSR count). The second-order valence-electron chi connectivity index (χ2n) is 5.10. The topological polar surface area (TPSA) is 75.6 Å². The van der Waals surface area contributed by atoms with E-state index >= 15 is 0 Å². The van der Waals surface area contributed by atoms with Gasteiger partial charge in [-0.15, -0.1) is 11.8 Å². The maximum Gasteiger partial charge on any atom is 0.339 e. The summed E-state index contributed by atoms with van der Waals surface area (Å²) in [5.41, 5.74) is -2.23. The van der Waals surface area contributed by atoms with Gasteiger partial charge in [0.1, 0.15) is 5.25 Å². The van der Waals surface area contributed by atoms with Crippen LogP contribution in [0, 0.1) is 5.92 Å². The average Bonchev–Trinajstić information content (AvgIpc) is 2.41. The highest BCUT2D eigenvalue weighted by molar-refractivity contribution is 8.00. The van der Waals surface area contributed by atoms with E-state index in [0.29, 0.717) is 0 Å². The summed E-state index contributed by atoms with van der Waals surface area (Å²) in [6, 6.07) is 0. The third-order valence-electron chi connectivity index (χ3n) is 3.78. The van der Waals surface area contributed by atoms with E-state index in [1.54, 1.807) is 13.2 Å². The number of amides is 1. The first kappa shape index (κ1) is 12.7. The molecule has 1 unspecified atom stereocenters. The lowest BCUT2D eigenvalue weighted by atomic mass is 9.70. The van der Waals surface area contributed by atoms with Crippen molar-refractivity contribution in [1.82, 2.24) is 5.32 Å². The van der Waals surface area contributed by atoms with Crippen LogP contribution in [0.4, 0.5) is 0 Å². The normalized spacial score (nSPS) is 41.6. The number of carbonyl (C=O) groups excluding carboxylic acids is 2. The molecule has 96 valence electrons. The standard InChI is InChI=1S/C11H17NO4S/c1-5(2)6(13)11-9(15)16-10(11,3)7(17-4)8(14)12-11/h5-7,13H,1-4H3,(H,12,14)/t6-,7?,10-,11-/m0/s1. The van der Waals surface area contributed by atoms with Crippen molar-refractivity contribution in [3.8, 4) is 0 Å². The zero-order valence-electron chi connectivity index (χ0n) is 10.3. The first-order chi connectivity index (χ1) is 7.81. The summed E-state index contributed by atoms with van der Waals surface area (Å²) in [7, 11) is 0. The van der Waals surface area contributed by atoms with Gasteiger partial charge in [-0.05, 0) is 19.1 Å². The molecule has 2 N–H and O–H groups in total. The molecule has 1 amide bonds. The lowest BCUT2D eigenvalue weighted by Gasteiger charge is -2.53. The highest BCUT2D eigenvalue weighted by Crippen LogP contribution is 2.51. The van der Waals surface area contributed by atoms with Crippen molar-refractivity contribution in [2.75, 3.05) is 6.26 Å². The van der Waals surface area contributed by atoms with E-state index in [9.17, 15) is 14.7 Å². The zero-order valence-corrected chi connectivity index (χ0v) is 11.1. The molecule has 2 saturated heterocycles. The maximum atomic E-state index is 11.9. The van der Waals surface area contributed by atoms with Crippen molar-refractivity contribution in [3.05, 3.63) is 0 Å². The summed E-state index contributed by atoms with van der Waals surface area (Å²) in [6.45, 7) is 5.33. The number of ether oxygens (including phenoxy) is 1. The molecule has 17 heavy (non-hydrogen) atoms. The Bertz CT molecular complexity index is 386. The smallest absolute Gasteiger partial charge is 0.339 e. The molecule has 0 saturated carbocycles. The SMILES string of the molecule is CSC1C(=O)N[C@@]2([C@@H](O)C(C)C)C(=O)O[C@@]12C. The second-order valence-corrected chi connectivity index (χ2v) is 6.04. The van der Waals surface area contributed by atoms with Gasteiger partial charge in [0.05, 0.1) is 6.10 Å². The van der Waals surface area contributed by atoms with Gasteiger partial charge in [-0.1, -0.05) is 13.8 Å². The largest absolute Gasteiger partial charge is 0.452 e. The van der Waals surface area contributed by atoms with Crippen LogP contribution in [0.3, 0.4) is 0 Å². The minimum absolute atomic E-state index is 0.136. The maximum absolute atomic E-state index is 11.9. The van der Waals surface area contributed by atoms with Gasteiger partial charge in [0.25, 0.3) is 0 Å². The van der Waals surface area contributed by atoms with E-state index in [4.69, 9.17) is 4.74 Å². The van der Waals surface area contributed by atoms with Crippen LogP contribution in [0.25, 0.3) is 0 Å². The molecule has 2 aliphatic rings. The molecule has 0 aromatic rings. The number of rotatable bonds is 3. The predicted octanol–water partition coefficient (Wildman–Crippen LogP) is -0.0810. The van der Waals surface area contributed by atoms with Crippen molar-refractivity contribution in [2.45, 2.75) is 43.3 Å². The number of fused-ring (bicyclic) bond motifs is 1. The molecule has 5 nitrogen and oxygen atoms in total. The van der Waals surface area contributed by atoms with Gasteiger partial charge in [-0.2, -0.15) is 0 Å². The Morgan fingerprint density at radius 2 is 2.06 bits per heavy atom. The molecule has 0 spiro atoms. The van der Waals surface area contributed by atoms with Crippen molar-refractivity contribution < 1.29 is 19.4 Å². The van der Waals surface area contributed by atoms with Gasteiger partial charge < -0.3 is 15.2 Å². The molecule has 0 aromatic carbocycles. The lowest BCUT2D eigenvalue weighted by Crippen LogP contribution is -2.80. The van der Waals surface area contributed by atoms with Gasteiger partial charge in [0, 0.05) is 0 Å². The van der Waals surface area contributed by atoms with Crippen LogP contribution in [0.5, 0.6) is 0 Å². The fourth-order valence-corrected chi connectivity index (χ4v) is 3.73. The van der Waals surface area contributed by atoms with Crippen molar-refractivity contribution in [2.24, 2.45) is 5.92 Å². The zero-order chi connectivity index (χ0) is 13.0. The van der Waals surface area contributed by atoms with Crippen molar-refractivity contribution in [3.63, 3.8) is 0 Å². The number of hydrogen-bond acceptors (Lipinski definition) is 5. The number of thioether (sulfide) groups is 1. The van der Waals surface area contributed by atoms with Gasteiger partial charge in [0.15, 0.2) is 5.60 Å². The Morgan fingerprint density at radius 1 is 1.47 bits per heavy atom. The van der Waals surface area contributed by atoms with Crippen LogP contribution in [-0.4, -0.2) is 45.7 Å². The summed E-state index contributed by atoms with van der Waals surface area (Å²) in [4.78, 5) is 23.7. The highest BCUT2D eigenvalue weighted by Gasteiger charge is 2.79. The summed E-state index contributed by atoms with van der Waals surface area (Å²) >= 11 is 1.33. The highest BCUT2D eigenvalue weighted by atomic mass is 32.2. The number of hydrogen-bond donors (Lipinski definition) is 2. The van der Waals surface area contributed by atoms with Crippen LogP contribution in [0.2, 0.25) is 0 Å². The van der Waals surface area contributed by atoms with Crippen molar-refractivity contribution in [1.29, 1.82) is 0 Å². The number of aliphatic hydroxyl groups is 1. The van der Waals surface area contributed by atoms with Gasteiger partial charge >= 0.3 is 5.97 Å².